The van der Waals surface area contributed by atoms with E-state index in [1.165, 1.54) is 5.56 Å². The fourth-order valence-corrected chi connectivity index (χ4v) is 2.87. The molecule has 0 spiro atoms. The summed E-state index contributed by atoms with van der Waals surface area (Å²) in [6, 6.07) is 10.1. The highest BCUT2D eigenvalue weighted by Crippen LogP contribution is 2.20. The molecule has 0 unspecified atom stereocenters. The maximum Gasteiger partial charge on any atom is 0.267 e. The molecule has 0 bridgehead atoms. The first-order valence-electron chi connectivity index (χ1n) is 7.55. The van der Waals surface area contributed by atoms with Crippen molar-refractivity contribution in [3.63, 3.8) is 0 Å². The lowest BCUT2D eigenvalue weighted by Crippen LogP contribution is -2.23. The lowest BCUT2D eigenvalue weighted by Gasteiger charge is -2.17. The first-order valence-corrected chi connectivity index (χ1v) is 7.55. The van der Waals surface area contributed by atoms with Crippen LogP contribution in [0.1, 0.15) is 35.2 Å². The predicted molar refractivity (Wildman–Crippen MR) is 81.3 cm³/mol. The molecule has 1 aromatic heterocycles. The first-order chi connectivity index (χ1) is 10.3. The molecule has 1 aliphatic carbocycles. The third kappa shape index (κ3) is 3.39. The van der Waals surface area contributed by atoms with Crippen LogP contribution in [-0.2, 0) is 30.6 Å². The van der Waals surface area contributed by atoms with E-state index in [1.807, 2.05) is 18.2 Å². The van der Waals surface area contributed by atoms with E-state index in [9.17, 15) is 4.79 Å². The van der Waals surface area contributed by atoms with Crippen molar-refractivity contribution in [3.05, 3.63) is 63.1 Å². The molecule has 1 heterocycles. The highest BCUT2D eigenvalue weighted by atomic mass is 16.5. The van der Waals surface area contributed by atoms with Crippen LogP contribution in [0.5, 0.6) is 0 Å². The molecule has 0 fully saturated rings. The van der Waals surface area contributed by atoms with E-state index < -0.39 is 0 Å². The summed E-state index contributed by atoms with van der Waals surface area (Å²) in [6.07, 6.45) is 4.86. The molecule has 0 aliphatic heterocycles. The summed E-state index contributed by atoms with van der Waals surface area (Å²) in [5.41, 5.74) is 4.26. The number of rotatable bonds is 5. The van der Waals surface area contributed by atoms with Crippen molar-refractivity contribution in [3.8, 4) is 0 Å². The Morgan fingerprint density at radius 2 is 1.86 bits per heavy atom. The van der Waals surface area contributed by atoms with Crippen LogP contribution >= 0.6 is 0 Å². The van der Waals surface area contributed by atoms with Gasteiger partial charge in [0.2, 0.25) is 0 Å². The maximum atomic E-state index is 11.8. The molecule has 21 heavy (non-hydrogen) atoms. The van der Waals surface area contributed by atoms with Gasteiger partial charge in [0.15, 0.2) is 0 Å². The van der Waals surface area contributed by atoms with E-state index in [1.54, 1.807) is 0 Å². The summed E-state index contributed by atoms with van der Waals surface area (Å²) >= 11 is 0. The van der Waals surface area contributed by atoms with Gasteiger partial charge in [0.05, 0.1) is 18.9 Å². The van der Waals surface area contributed by atoms with E-state index in [0.29, 0.717) is 13.2 Å². The minimum atomic E-state index is -0.0151. The number of fused-ring (bicyclic) bond motifs is 1. The first kappa shape index (κ1) is 14.0. The van der Waals surface area contributed by atoms with E-state index in [2.05, 4.69) is 22.3 Å². The smallest absolute Gasteiger partial charge is 0.267 e. The van der Waals surface area contributed by atoms with Crippen LogP contribution in [0.3, 0.4) is 0 Å². The zero-order chi connectivity index (χ0) is 14.5. The van der Waals surface area contributed by atoms with E-state index in [0.717, 1.165) is 48.9 Å². The summed E-state index contributed by atoms with van der Waals surface area (Å²) in [5, 5.41) is 6.84. The summed E-state index contributed by atoms with van der Waals surface area (Å²) in [5.74, 6) is 0. The lowest BCUT2D eigenvalue weighted by atomic mass is 9.91. The van der Waals surface area contributed by atoms with Crippen molar-refractivity contribution < 1.29 is 4.74 Å². The van der Waals surface area contributed by atoms with E-state index in [-0.39, 0.29) is 5.56 Å². The monoisotopic (exact) mass is 284 g/mol. The number of aromatic amines is 1. The Morgan fingerprint density at radius 3 is 2.67 bits per heavy atom. The van der Waals surface area contributed by atoms with Gasteiger partial charge in [-0.2, -0.15) is 5.10 Å². The molecule has 1 aromatic carbocycles. The average molecular weight is 284 g/mol. The normalized spacial score (nSPS) is 13.9. The standard InChI is InChI=1S/C17H20N2O2/c20-17-15-9-5-4-8-14(15)16(18-19-17)10-11-21-12-13-6-2-1-3-7-13/h1-3,6-7H,4-5,8-12H2,(H,19,20). The minimum Gasteiger partial charge on any atom is -0.376 e. The second-order valence-corrected chi connectivity index (χ2v) is 5.45. The average Bonchev–Trinajstić information content (AvgIpc) is 2.55. The molecule has 110 valence electrons. The second-order valence-electron chi connectivity index (χ2n) is 5.45. The molecular weight excluding hydrogens is 264 g/mol. The molecule has 4 nitrogen and oxygen atoms in total. The van der Waals surface area contributed by atoms with Crippen molar-refractivity contribution >= 4 is 0 Å². The van der Waals surface area contributed by atoms with Crippen molar-refractivity contribution in [2.45, 2.75) is 38.7 Å². The summed E-state index contributed by atoms with van der Waals surface area (Å²) < 4.78 is 5.71. The summed E-state index contributed by atoms with van der Waals surface area (Å²) in [6.45, 7) is 1.24. The highest BCUT2D eigenvalue weighted by Gasteiger charge is 2.17. The van der Waals surface area contributed by atoms with Crippen LogP contribution in [0.2, 0.25) is 0 Å². The Hall–Kier alpha value is -1.94. The Kier molecular flexibility index (Phi) is 4.46. The van der Waals surface area contributed by atoms with Gasteiger partial charge >= 0.3 is 0 Å². The Labute approximate surface area is 124 Å². The molecule has 0 atom stereocenters. The number of H-pyrrole nitrogens is 1. The topological polar surface area (TPSA) is 55.0 Å². The van der Waals surface area contributed by atoms with Crippen LogP contribution in [0.15, 0.2) is 35.1 Å². The quantitative estimate of drug-likeness (QED) is 0.858. The molecule has 0 saturated carbocycles. The molecular formula is C17H20N2O2. The molecule has 1 aliphatic rings. The van der Waals surface area contributed by atoms with Gasteiger partial charge < -0.3 is 4.74 Å². The van der Waals surface area contributed by atoms with Crippen LogP contribution in [0.25, 0.3) is 0 Å². The van der Waals surface area contributed by atoms with Crippen LogP contribution in [-0.4, -0.2) is 16.8 Å². The molecule has 0 radical (unpaired) electrons. The van der Waals surface area contributed by atoms with Crippen LogP contribution in [0, 0.1) is 0 Å². The Balaban J connectivity index is 1.60. The van der Waals surface area contributed by atoms with Gasteiger partial charge in [0.25, 0.3) is 5.56 Å². The molecule has 3 rings (SSSR count). The zero-order valence-corrected chi connectivity index (χ0v) is 12.1. The Bertz CT molecular complexity index is 650. The zero-order valence-electron chi connectivity index (χ0n) is 12.1. The predicted octanol–water partition coefficient (Wildman–Crippen LogP) is 2.41. The summed E-state index contributed by atoms with van der Waals surface area (Å²) in [4.78, 5) is 11.8. The molecule has 0 saturated heterocycles. The van der Waals surface area contributed by atoms with Crippen molar-refractivity contribution in [1.29, 1.82) is 0 Å². The number of aromatic nitrogens is 2. The largest absolute Gasteiger partial charge is 0.376 e. The van der Waals surface area contributed by atoms with E-state index >= 15 is 0 Å². The number of nitrogens with one attached hydrogen (secondary N) is 1. The van der Waals surface area contributed by atoms with E-state index in [4.69, 9.17) is 4.74 Å². The third-order valence-corrected chi connectivity index (χ3v) is 3.98. The number of nitrogens with zero attached hydrogens (tertiary/aromatic N) is 1. The number of benzene rings is 1. The van der Waals surface area contributed by atoms with Crippen LogP contribution in [0.4, 0.5) is 0 Å². The number of hydrogen-bond acceptors (Lipinski definition) is 3. The van der Waals surface area contributed by atoms with Crippen LogP contribution < -0.4 is 5.56 Å². The molecule has 1 N–H and O–H groups in total. The van der Waals surface area contributed by atoms with Gasteiger partial charge in [-0.25, -0.2) is 5.10 Å². The van der Waals surface area contributed by atoms with Gasteiger partial charge in [0, 0.05) is 12.0 Å². The van der Waals surface area contributed by atoms with Gasteiger partial charge in [-0.1, -0.05) is 30.3 Å². The highest BCUT2D eigenvalue weighted by molar-refractivity contribution is 5.30. The van der Waals surface area contributed by atoms with Gasteiger partial charge in [-0.15, -0.1) is 0 Å². The fraction of sp³-hybridized carbons (Fsp3) is 0.412. The van der Waals surface area contributed by atoms with Gasteiger partial charge in [-0.3, -0.25) is 4.79 Å². The van der Waals surface area contributed by atoms with Crippen molar-refractivity contribution in [2.75, 3.05) is 6.61 Å². The van der Waals surface area contributed by atoms with Gasteiger partial charge in [0.1, 0.15) is 0 Å². The minimum absolute atomic E-state index is 0.0151. The molecule has 4 heteroatoms. The third-order valence-electron chi connectivity index (χ3n) is 3.98. The Morgan fingerprint density at radius 1 is 1.10 bits per heavy atom. The maximum absolute atomic E-state index is 11.8. The van der Waals surface area contributed by atoms with Crippen molar-refractivity contribution in [1.82, 2.24) is 10.2 Å². The number of hydrogen-bond donors (Lipinski definition) is 1. The molecule has 0 amide bonds. The summed E-state index contributed by atoms with van der Waals surface area (Å²) in [7, 11) is 0. The SMILES string of the molecule is O=c1[nH]nc(CCOCc2ccccc2)c2c1CCCC2. The lowest BCUT2D eigenvalue weighted by molar-refractivity contribution is 0.123. The fourth-order valence-electron chi connectivity index (χ4n) is 2.87. The van der Waals surface area contributed by atoms with Gasteiger partial charge in [-0.05, 0) is 36.8 Å². The second kappa shape index (κ2) is 6.68. The van der Waals surface area contributed by atoms with Crippen molar-refractivity contribution in [2.24, 2.45) is 0 Å². The number of ether oxygens (including phenoxy) is 1. The molecule has 2 aromatic rings.